The van der Waals surface area contributed by atoms with E-state index < -0.39 is 6.10 Å². The van der Waals surface area contributed by atoms with Crippen molar-refractivity contribution in [1.82, 2.24) is 0 Å². The van der Waals surface area contributed by atoms with Crippen LogP contribution in [0.2, 0.25) is 0 Å². The molecule has 0 aromatic carbocycles. The van der Waals surface area contributed by atoms with Crippen molar-refractivity contribution in [2.45, 2.75) is 65.1 Å². The Labute approximate surface area is 139 Å². The van der Waals surface area contributed by atoms with Crippen LogP contribution >= 0.6 is 0 Å². The van der Waals surface area contributed by atoms with Crippen LogP contribution < -0.4 is 0 Å². The maximum atomic E-state index is 11.9. The monoisotopic (exact) mass is 316 g/mol. The number of allylic oxidation sites excluding steroid dienone is 3. The van der Waals surface area contributed by atoms with Gasteiger partial charge in [-0.15, -0.1) is 0 Å². The Hall–Kier alpha value is -1.61. The first-order valence-electron chi connectivity index (χ1n) is 8.43. The van der Waals surface area contributed by atoms with Crippen LogP contribution in [0.1, 0.15) is 52.9 Å². The van der Waals surface area contributed by atoms with E-state index in [2.05, 4.69) is 32.6 Å². The number of ether oxygens (including phenoxy) is 1. The van der Waals surface area contributed by atoms with Crippen LogP contribution in [-0.2, 0) is 9.53 Å². The molecule has 3 nitrogen and oxygen atoms in total. The van der Waals surface area contributed by atoms with E-state index in [4.69, 9.17) is 4.74 Å². The van der Waals surface area contributed by atoms with E-state index in [1.165, 1.54) is 11.1 Å². The molecule has 0 unspecified atom stereocenters. The van der Waals surface area contributed by atoms with E-state index in [0.29, 0.717) is 18.4 Å². The van der Waals surface area contributed by atoms with Gasteiger partial charge in [0.25, 0.3) is 0 Å². The van der Waals surface area contributed by atoms with Crippen molar-refractivity contribution in [2.75, 3.05) is 0 Å². The highest BCUT2D eigenvalue weighted by molar-refractivity contribution is 5.90. The summed E-state index contributed by atoms with van der Waals surface area (Å²) in [5.74, 6) is -0.237. The smallest absolute Gasteiger partial charge is 0.334 e. The van der Waals surface area contributed by atoms with Crippen molar-refractivity contribution in [1.29, 1.82) is 0 Å². The van der Waals surface area contributed by atoms with Gasteiger partial charge in [-0.05, 0) is 46.5 Å². The summed E-state index contributed by atoms with van der Waals surface area (Å²) in [6.45, 7) is 10.1. The summed E-state index contributed by atoms with van der Waals surface area (Å²) >= 11 is 0. The maximum Gasteiger partial charge on any atom is 0.334 e. The number of carbonyl (C=O) groups excluding carboxylic acids is 1. The topological polar surface area (TPSA) is 46.5 Å². The molecule has 0 bridgehead atoms. The zero-order valence-electron chi connectivity index (χ0n) is 14.5. The SMILES string of the molecule is C=C1C(=O)O[C@H]2C/C(C)=C/[C@@H](O)C/C(C)=C/CC/C(C)=C/C[C@H]12. The molecule has 0 radical (unpaired) electrons. The highest BCUT2D eigenvalue weighted by atomic mass is 16.6. The molecular formula is C20H28O3. The Morgan fingerprint density at radius 2 is 1.87 bits per heavy atom. The summed E-state index contributed by atoms with van der Waals surface area (Å²) < 4.78 is 5.50. The number of esters is 1. The van der Waals surface area contributed by atoms with E-state index in [-0.39, 0.29) is 18.0 Å². The quantitative estimate of drug-likeness (QED) is 0.413. The third-order valence-electron chi connectivity index (χ3n) is 4.70. The Bertz CT molecular complexity index is 565. The highest BCUT2D eigenvalue weighted by Crippen LogP contribution is 2.34. The average Bonchev–Trinajstić information content (AvgIpc) is 2.70. The molecule has 1 saturated heterocycles. The fourth-order valence-corrected chi connectivity index (χ4v) is 3.31. The zero-order valence-corrected chi connectivity index (χ0v) is 14.5. The standard InChI is InChI=1S/C20H28O3/c1-13-6-5-7-14(2)10-17(21)11-15(3)12-19-18(9-8-13)16(4)20(22)23-19/h7-8,11,17-19,21H,4-6,9-10,12H2,1-3H3/b13-8+,14-7+,15-11+/t17-,18+,19-/m0/s1. The van der Waals surface area contributed by atoms with Gasteiger partial charge >= 0.3 is 5.97 Å². The average molecular weight is 316 g/mol. The minimum absolute atomic E-state index is 0.0400. The zero-order chi connectivity index (χ0) is 17.0. The number of hydrogen-bond acceptors (Lipinski definition) is 3. The molecule has 2 aliphatic rings. The van der Waals surface area contributed by atoms with Crippen LogP contribution in [0.25, 0.3) is 0 Å². The van der Waals surface area contributed by atoms with Crippen LogP contribution in [0, 0.1) is 5.92 Å². The second-order valence-electron chi connectivity index (χ2n) is 6.94. The summed E-state index contributed by atoms with van der Waals surface area (Å²) in [6.07, 6.45) is 9.74. The van der Waals surface area contributed by atoms with Crippen LogP contribution in [-0.4, -0.2) is 23.3 Å². The largest absolute Gasteiger partial charge is 0.458 e. The Balaban J connectivity index is 2.24. The fourth-order valence-electron chi connectivity index (χ4n) is 3.31. The number of hydrogen-bond donors (Lipinski definition) is 1. The van der Waals surface area contributed by atoms with Gasteiger partial charge in [0.2, 0.25) is 0 Å². The molecule has 3 atom stereocenters. The first-order valence-corrected chi connectivity index (χ1v) is 8.43. The van der Waals surface area contributed by atoms with Crippen molar-refractivity contribution in [2.24, 2.45) is 5.92 Å². The van der Waals surface area contributed by atoms with Gasteiger partial charge in [-0.1, -0.05) is 41.5 Å². The van der Waals surface area contributed by atoms with Crippen molar-refractivity contribution in [3.8, 4) is 0 Å². The first kappa shape index (κ1) is 17.7. The molecule has 0 amide bonds. The summed E-state index contributed by atoms with van der Waals surface area (Å²) in [4.78, 5) is 11.9. The molecule has 0 saturated carbocycles. The van der Waals surface area contributed by atoms with Crippen LogP contribution in [0.4, 0.5) is 0 Å². The Morgan fingerprint density at radius 3 is 2.61 bits per heavy atom. The van der Waals surface area contributed by atoms with E-state index in [1.807, 2.05) is 13.0 Å². The predicted octanol–water partition coefficient (Wildman–Crippen LogP) is 4.25. The minimum atomic E-state index is -0.482. The second kappa shape index (κ2) is 7.78. The molecule has 1 heterocycles. The number of aliphatic hydroxyl groups is 1. The molecule has 3 heteroatoms. The summed E-state index contributed by atoms with van der Waals surface area (Å²) in [6, 6.07) is 0. The molecule has 1 aliphatic heterocycles. The normalized spacial score (nSPS) is 37.4. The summed E-state index contributed by atoms with van der Waals surface area (Å²) in [5.41, 5.74) is 4.17. The van der Waals surface area contributed by atoms with E-state index in [0.717, 1.165) is 24.8 Å². The van der Waals surface area contributed by atoms with Crippen LogP contribution in [0.15, 0.2) is 47.1 Å². The van der Waals surface area contributed by atoms with Gasteiger partial charge in [0.1, 0.15) is 6.10 Å². The van der Waals surface area contributed by atoms with Gasteiger partial charge < -0.3 is 9.84 Å². The molecule has 0 spiro atoms. The van der Waals surface area contributed by atoms with Crippen molar-refractivity contribution < 1.29 is 14.6 Å². The molecule has 1 fully saturated rings. The Morgan fingerprint density at radius 1 is 1.13 bits per heavy atom. The highest BCUT2D eigenvalue weighted by Gasteiger charge is 2.37. The van der Waals surface area contributed by atoms with Gasteiger partial charge in [0, 0.05) is 17.9 Å². The van der Waals surface area contributed by atoms with Crippen LogP contribution in [0.5, 0.6) is 0 Å². The van der Waals surface area contributed by atoms with Gasteiger partial charge in [-0.2, -0.15) is 0 Å². The molecule has 0 aromatic heterocycles. The third kappa shape index (κ3) is 4.93. The second-order valence-corrected chi connectivity index (χ2v) is 6.94. The third-order valence-corrected chi connectivity index (χ3v) is 4.70. The molecule has 1 N–H and O–H groups in total. The van der Waals surface area contributed by atoms with Crippen LogP contribution in [0.3, 0.4) is 0 Å². The maximum absolute atomic E-state index is 11.9. The molecule has 1 aliphatic carbocycles. The first-order chi connectivity index (χ1) is 10.9. The summed E-state index contributed by atoms with van der Waals surface area (Å²) in [5, 5.41) is 10.2. The Kier molecular flexibility index (Phi) is 6.00. The van der Waals surface area contributed by atoms with E-state index >= 15 is 0 Å². The molecule has 0 aromatic rings. The lowest BCUT2D eigenvalue weighted by atomic mass is 9.88. The van der Waals surface area contributed by atoms with Gasteiger partial charge in [0.05, 0.1) is 6.10 Å². The van der Waals surface area contributed by atoms with Gasteiger partial charge in [-0.25, -0.2) is 4.79 Å². The molecular weight excluding hydrogens is 288 g/mol. The van der Waals surface area contributed by atoms with E-state index in [9.17, 15) is 9.90 Å². The molecule has 126 valence electrons. The minimum Gasteiger partial charge on any atom is -0.458 e. The number of aliphatic hydroxyl groups excluding tert-OH is 1. The lowest BCUT2D eigenvalue weighted by Crippen LogP contribution is -2.17. The van der Waals surface area contributed by atoms with Gasteiger partial charge in [-0.3, -0.25) is 0 Å². The fraction of sp³-hybridized carbons (Fsp3) is 0.550. The summed E-state index contributed by atoms with van der Waals surface area (Å²) in [7, 11) is 0. The van der Waals surface area contributed by atoms with Crippen molar-refractivity contribution >= 4 is 5.97 Å². The molecule has 23 heavy (non-hydrogen) atoms. The number of carbonyl (C=O) groups is 1. The predicted molar refractivity (Wildman–Crippen MR) is 92.9 cm³/mol. The van der Waals surface area contributed by atoms with Crippen molar-refractivity contribution in [3.63, 3.8) is 0 Å². The lowest BCUT2D eigenvalue weighted by Gasteiger charge is -2.18. The number of rotatable bonds is 0. The lowest BCUT2D eigenvalue weighted by molar-refractivity contribution is -0.139. The van der Waals surface area contributed by atoms with Gasteiger partial charge in [0.15, 0.2) is 0 Å². The molecule has 2 rings (SSSR count). The number of fused-ring (bicyclic) bond motifs is 1. The van der Waals surface area contributed by atoms with E-state index in [1.54, 1.807) is 0 Å². The van der Waals surface area contributed by atoms with Crippen molar-refractivity contribution in [3.05, 3.63) is 47.1 Å².